The number of hydrogen-bond donors (Lipinski definition) is 11. The summed E-state index contributed by atoms with van der Waals surface area (Å²) in [6.45, 7) is 2.59. The van der Waals surface area contributed by atoms with Crippen LogP contribution >= 0.6 is 0 Å². The highest BCUT2D eigenvalue weighted by Crippen LogP contribution is 2.38. The van der Waals surface area contributed by atoms with Crippen LogP contribution in [-0.4, -0.2) is 130 Å². The highest BCUT2D eigenvalue weighted by molar-refractivity contribution is 5.81. The molecule has 12 N–H and O–H groups in total. The maximum Gasteiger partial charge on any atom is 0.329 e. The minimum absolute atomic E-state index is 0.132. The van der Waals surface area contributed by atoms with Crippen LogP contribution < -0.4 is 86.7 Å². The number of benzene rings is 11. The number of H-pyrrole nitrogens is 7. The molecule has 0 spiro atoms. The fourth-order valence-corrected chi connectivity index (χ4v) is 14.4. The van der Waals surface area contributed by atoms with Crippen LogP contribution in [0.4, 0.5) is 27.5 Å². The summed E-state index contributed by atoms with van der Waals surface area (Å²) in [7, 11) is 12.8. The topological polar surface area (TPSA) is 424 Å². The van der Waals surface area contributed by atoms with Crippen LogP contribution in [0.2, 0.25) is 0 Å². The molecule has 33 nitrogen and oxygen atoms in total. The zero-order valence-corrected chi connectivity index (χ0v) is 75.8. The summed E-state index contributed by atoms with van der Waals surface area (Å²) < 4.78 is 65.4. The predicted octanol–water partition coefficient (Wildman–Crippen LogP) is 17.2. The van der Waals surface area contributed by atoms with E-state index in [1.54, 1.807) is 78.9 Å². The first kappa shape index (κ1) is 93.4. The number of nitrogens with zero attached hydrogens (tertiary/aromatic N) is 9. The molecule has 11 aromatic carbocycles. The van der Waals surface area contributed by atoms with E-state index in [9.17, 15) is 23.6 Å². The van der Waals surface area contributed by atoms with Crippen LogP contribution in [0.3, 0.4) is 0 Å². The SMILES string of the molecule is COc1cc(OCc2ccccc2)ccc1-c1cc(CNc2cc(=O)n(C)c(=O)[nH]2)[nH]n1.COc1cc(OCc2ccccc2)ccc1-c1cc(CNc2nc3ccc(F)cc3c(=O)[nH]2)[nH]n1.COc1ccc(N)cc1-c1cc(-c2ccccc2)n[nH]1.COc1ccc2ncn(Cc3cc(-c4ccccc4OC)n[nH]3)c(=O)c2c1.COc1cccc(NCc2cc(-c3ccccc3OC)n[nH]2)c1. The van der Waals surface area contributed by atoms with Gasteiger partial charge in [0, 0.05) is 76.1 Å². The molecular weight excluding hydrogens is 1740 g/mol. The quantitative estimate of drug-likeness (QED) is 0.0186. The molecule has 0 aliphatic carbocycles. The third-order valence-electron chi connectivity index (χ3n) is 21.5. The Kier molecular flexibility index (Phi) is 30.7. The highest BCUT2D eigenvalue weighted by Gasteiger charge is 2.19. The number of nitrogens with two attached hydrogens (primary N) is 1. The lowest BCUT2D eigenvalue weighted by molar-refractivity contribution is 0.303. The van der Waals surface area contributed by atoms with E-state index in [0.717, 1.165) is 129 Å². The third kappa shape index (κ3) is 24.1. The van der Waals surface area contributed by atoms with E-state index in [0.29, 0.717) is 107 Å². The third-order valence-corrected chi connectivity index (χ3v) is 21.5. The molecule has 0 aliphatic heterocycles. The summed E-state index contributed by atoms with van der Waals surface area (Å²) in [5.74, 6) is 6.57. The average Bonchev–Trinajstić information content (AvgIpc) is 1.31. The van der Waals surface area contributed by atoms with E-state index in [4.69, 9.17) is 48.4 Å². The largest absolute Gasteiger partial charge is 0.497 e. The number of anilines is 4. The normalized spacial score (nSPS) is 10.7. The van der Waals surface area contributed by atoms with Gasteiger partial charge in [0.1, 0.15) is 76.6 Å². The van der Waals surface area contributed by atoms with E-state index in [1.807, 2.05) is 249 Å². The predicted molar refractivity (Wildman–Crippen MR) is 526 cm³/mol. The maximum atomic E-state index is 13.4. The summed E-state index contributed by atoms with van der Waals surface area (Å²) in [4.78, 5) is 62.4. The van der Waals surface area contributed by atoms with Gasteiger partial charge < -0.3 is 64.3 Å². The molecule has 0 radical (unpaired) electrons. The number of aromatic nitrogens is 16. The number of methoxy groups -OCH3 is 7. The van der Waals surface area contributed by atoms with Crippen molar-refractivity contribution in [1.82, 2.24) is 80.1 Å². The monoisotopic (exact) mass is 1840 g/mol. The number of para-hydroxylation sites is 2. The zero-order valence-electron chi connectivity index (χ0n) is 75.8. The number of rotatable bonds is 30. The molecule has 8 heterocycles. The molecule has 8 aromatic heterocycles. The van der Waals surface area contributed by atoms with Gasteiger partial charge in [-0.1, -0.05) is 121 Å². The van der Waals surface area contributed by atoms with E-state index >= 15 is 0 Å². The molecule has 34 heteroatoms. The van der Waals surface area contributed by atoms with Gasteiger partial charge in [-0.25, -0.2) is 19.2 Å². The second-order valence-electron chi connectivity index (χ2n) is 30.6. The van der Waals surface area contributed by atoms with Gasteiger partial charge in [-0.15, -0.1) is 0 Å². The Morgan fingerprint density at radius 2 is 0.883 bits per heavy atom. The molecule has 0 unspecified atom stereocenters. The average molecular weight is 1840 g/mol. The Morgan fingerprint density at radius 3 is 1.45 bits per heavy atom. The summed E-state index contributed by atoms with van der Waals surface area (Å²) in [5, 5.41) is 47.0. The Bertz CT molecular complexity index is 7510. The minimum Gasteiger partial charge on any atom is -0.497 e. The number of fused-ring (bicyclic) bond motifs is 2. The summed E-state index contributed by atoms with van der Waals surface area (Å²) in [5.41, 5.74) is 22.9. The first-order valence-corrected chi connectivity index (χ1v) is 43.0. The molecule has 0 saturated carbocycles. The Morgan fingerprint density at radius 1 is 0.387 bits per heavy atom. The van der Waals surface area contributed by atoms with Crippen molar-refractivity contribution in [3.8, 4) is 119 Å². The molecule has 0 atom stereocenters. The van der Waals surface area contributed by atoms with Crippen molar-refractivity contribution in [2.45, 2.75) is 39.4 Å². The van der Waals surface area contributed by atoms with Crippen molar-refractivity contribution in [3.63, 3.8) is 0 Å². The van der Waals surface area contributed by atoms with Gasteiger partial charge in [-0.05, 0) is 157 Å². The lowest BCUT2D eigenvalue weighted by atomic mass is 10.1. The molecule has 0 bridgehead atoms. The second kappa shape index (κ2) is 45.1. The van der Waals surface area contributed by atoms with Crippen LogP contribution in [0.15, 0.2) is 317 Å². The van der Waals surface area contributed by atoms with Crippen LogP contribution in [0, 0.1) is 5.82 Å². The fraction of sp³-hybridized carbons (Fsp3) is 0.136. The molecule has 19 aromatic rings. The Balaban J connectivity index is 0.000000132. The molecule has 19 rings (SSSR count). The summed E-state index contributed by atoms with van der Waals surface area (Å²) >= 11 is 0. The number of nitrogens with one attached hydrogen (secondary N) is 10. The molecular formula is C103H97FN20O13. The van der Waals surface area contributed by atoms with Gasteiger partial charge in [0.15, 0.2) is 0 Å². The highest BCUT2D eigenvalue weighted by atomic mass is 19.1. The number of nitrogen functional groups attached to an aromatic ring is 1. The molecule has 0 saturated heterocycles. The van der Waals surface area contributed by atoms with E-state index < -0.39 is 17.1 Å². The number of hydrogen-bond acceptors (Lipinski definition) is 24. The number of halogens is 1. The van der Waals surface area contributed by atoms with Gasteiger partial charge in [0.2, 0.25) is 5.95 Å². The van der Waals surface area contributed by atoms with Crippen LogP contribution in [-0.2, 0) is 46.4 Å². The maximum absolute atomic E-state index is 13.4. The first-order chi connectivity index (χ1) is 66.9. The summed E-state index contributed by atoms with van der Waals surface area (Å²) in [6, 6.07) is 90.1. The van der Waals surface area contributed by atoms with Gasteiger partial charge >= 0.3 is 5.69 Å². The van der Waals surface area contributed by atoms with Gasteiger partial charge in [-0.2, -0.15) is 25.5 Å². The van der Waals surface area contributed by atoms with Gasteiger partial charge in [0.25, 0.3) is 16.7 Å². The Hall–Kier alpha value is -18.2. The van der Waals surface area contributed by atoms with Gasteiger partial charge in [0.05, 0.1) is 161 Å². The van der Waals surface area contributed by atoms with Crippen molar-refractivity contribution in [2.75, 3.05) is 71.5 Å². The molecule has 0 fully saturated rings. The fourth-order valence-electron chi connectivity index (χ4n) is 14.4. The first-order valence-electron chi connectivity index (χ1n) is 43.0. The van der Waals surface area contributed by atoms with E-state index in [-0.39, 0.29) is 22.5 Å². The van der Waals surface area contributed by atoms with Gasteiger partial charge in [-0.3, -0.25) is 59.0 Å². The van der Waals surface area contributed by atoms with Crippen LogP contribution in [0.1, 0.15) is 33.9 Å². The number of aromatic amines is 7. The molecule has 694 valence electrons. The van der Waals surface area contributed by atoms with Crippen LogP contribution in [0.5, 0.6) is 51.7 Å². The van der Waals surface area contributed by atoms with Crippen molar-refractivity contribution in [1.29, 1.82) is 0 Å². The van der Waals surface area contributed by atoms with Crippen molar-refractivity contribution >= 4 is 44.9 Å². The van der Waals surface area contributed by atoms with Crippen LogP contribution in [0.25, 0.3) is 89.4 Å². The van der Waals surface area contributed by atoms with Crippen molar-refractivity contribution in [2.24, 2.45) is 7.05 Å². The molecule has 0 amide bonds. The lowest BCUT2D eigenvalue weighted by Gasteiger charge is -2.11. The molecule has 137 heavy (non-hydrogen) atoms. The minimum atomic E-state index is -0.485. The smallest absolute Gasteiger partial charge is 0.329 e. The van der Waals surface area contributed by atoms with Crippen molar-refractivity contribution < 1.29 is 47.0 Å². The van der Waals surface area contributed by atoms with E-state index in [1.165, 1.54) is 25.2 Å². The lowest BCUT2D eigenvalue weighted by Crippen LogP contribution is -2.32. The Labute approximate surface area is 783 Å². The standard InChI is InChI=1S/C26H22FN5O3.C23H23N5O4.C20H18N4O3.C18H19N3O2.C16H15N3O/c1-34-24-13-19(35-15-16-5-3-2-4-6-16)8-9-20(24)23-12-18(31-32-23)14-28-26-29-22-10-7-17(27)11-21(22)25(33)30-26;1-28-22(29)12-21(25-23(28)30)24-13-16-10-19(27-26-16)18-9-8-17(11-20(18)31-2)32-14-15-6-4-3-5-7-15;1-26-14-7-8-17-16(10-14)20(25)24(12-21-17)11-13-9-18(23-22-13)15-5-3-4-6-19(15)27-2;1-22-15-7-5-6-13(10-15)19-12-14-11-17(21-20-14)16-8-3-4-9-18(16)23-2;1-20-16-8-7-12(17)9-13(16)15-10-14(18-19-15)11-5-3-2-4-6-11/h2-13H,14-15H2,1H3,(H,31,32)(H2,28,29,30,33);3-12,24H,13-14H2,1-2H3,(H,25,30)(H,26,27);3-10,12H,11H2,1-2H3,(H,22,23);3-11,19H,12H2,1-2H3,(H,20,21);2-10H,17H2,1H3,(H,18,19). The number of ether oxygens (including phenoxy) is 9. The zero-order chi connectivity index (χ0) is 95.5. The second-order valence-corrected chi connectivity index (χ2v) is 30.6. The van der Waals surface area contributed by atoms with E-state index in [2.05, 4.69) is 86.9 Å². The summed E-state index contributed by atoms with van der Waals surface area (Å²) in [6.07, 6.45) is 1.54. The molecule has 0 aliphatic rings. The van der Waals surface area contributed by atoms with Crippen molar-refractivity contribution in [3.05, 3.63) is 379 Å².